The molecule has 0 radical (unpaired) electrons. The monoisotopic (exact) mass is 600 g/mol. The van der Waals surface area contributed by atoms with Gasteiger partial charge in [0, 0.05) is 56.8 Å². The van der Waals surface area contributed by atoms with Crippen molar-refractivity contribution in [2.75, 3.05) is 33.4 Å². The summed E-state index contributed by atoms with van der Waals surface area (Å²) in [6.45, 7) is 9.09. The van der Waals surface area contributed by atoms with E-state index in [1.807, 2.05) is 57.2 Å². The van der Waals surface area contributed by atoms with E-state index in [0.29, 0.717) is 42.7 Å². The Kier molecular flexibility index (Phi) is 12.8. The van der Waals surface area contributed by atoms with E-state index in [1.165, 1.54) is 6.92 Å². The van der Waals surface area contributed by atoms with Crippen LogP contribution in [0.25, 0.3) is 0 Å². The summed E-state index contributed by atoms with van der Waals surface area (Å²) in [6.07, 6.45) is 2.73. The van der Waals surface area contributed by atoms with Gasteiger partial charge in [0.05, 0.1) is 6.61 Å². The minimum absolute atomic E-state index is 0.0116. The smallest absolute Gasteiger partial charge is 0.410 e. The molecule has 0 spiro atoms. The van der Waals surface area contributed by atoms with Gasteiger partial charge in [0.15, 0.2) is 5.78 Å². The van der Waals surface area contributed by atoms with Crippen LogP contribution in [0.1, 0.15) is 87.4 Å². The van der Waals surface area contributed by atoms with Crippen LogP contribution in [0.3, 0.4) is 0 Å². The first kappa shape index (κ1) is 33.6. The van der Waals surface area contributed by atoms with Gasteiger partial charge < -0.3 is 24.4 Å². The number of benzene rings is 2. The van der Waals surface area contributed by atoms with Gasteiger partial charge in [-0.2, -0.15) is 0 Å². The lowest BCUT2D eigenvalue weighted by Gasteiger charge is -2.34. The molecule has 1 aliphatic rings. The zero-order valence-electron chi connectivity index (χ0n) is 25.5. The normalized spacial score (nSPS) is 16.8. The number of nitrogens with zero attached hydrogens (tertiary/aromatic N) is 1. The highest BCUT2D eigenvalue weighted by Gasteiger charge is 2.29. The van der Waals surface area contributed by atoms with Crippen LogP contribution >= 0.6 is 11.6 Å². The van der Waals surface area contributed by atoms with E-state index in [0.717, 1.165) is 37.0 Å². The van der Waals surface area contributed by atoms with Crippen molar-refractivity contribution < 1.29 is 28.6 Å². The van der Waals surface area contributed by atoms with Gasteiger partial charge in [0.1, 0.15) is 11.7 Å². The summed E-state index contributed by atoms with van der Waals surface area (Å²) in [5.41, 5.74) is 1.63. The van der Waals surface area contributed by atoms with Gasteiger partial charge in [-0.25, -0.2) is 4.79 Å². The zero-order chi connectivity index (χ0) is 30.7. The molecule has 8 nitrogen and oxygen atoms in total. The predicted octanol–water partition coefficient (Wildman–Crippen LogP) is 6.60. The fourth-order valence-electron chi connectivity index (χ4n) is 5.11. The Morgan fingerprint density at radius 1 is 1.12 bits per heavy atom. The van der Waals surface area contributed by atoms with Crippen LogP contribution < -0.4 is 5.32 Å². The van der Waals surface area contributed by atoms with Crippen LogP contribution in [0.2, 0.25) is 5.02 Å². The molecule has 2 aromatic carbocycles. The molecular formula is C33H45ClN2O6. The van der Waals surface area contributed by atoms with Gasteiger partial charge in [0.25, 0.3) is 0 Å². The Morgan fingerprint density at radius 2 is 1.83 bits per heavy atom. The third-order valence-corrected chi connectivity index (χ3v) is 7.45. The third kappa shape index (κ3) is 11.0. The van der Waals surface area contributed by atoms with Crippen LogP contribution in [0, 0.1) is 5.92 Å². The van der Waals surface area contributed by atoms with E-state index in [2.05, 4.69) is 5.32 Å². The fraction of sp³-hybridized carbons (Fsp3) is 0.545. The second kappa shape index (κ2) is 16.1. The number of Topliss-reactive ketones (excluding diaryl/α,β-unsaturated/α-hetero) is 1. The molecule has 1 N–H and O–H groups in total. The van der Waals surface area contributed by atoms with Crippen LogP contribution in [-0.2, 0) is 19.0 Å². The zero-order valence-corrected chi connectivity index (χ0v) is 26.2. The molecule has 42 heavy (non-hydrogen) atoms. The lowest BCUT2D eigenvalue weighted by molar-refractivity contribution is -0.119. The number of ketones is 1. The van der Waals surface area contributed by atoms with Gasteiger partial charge in [-0.3, -0.25) is 9.59 Å². The lowest BCUT2D eigenvalue weighted by Crippen LogP contribution is -2.42. The second-order valence-electron chi connectivity index (χ2n) is 11.9. The van der Waals surface area contributed by atoms with Crippen molar-refractivity contribution in [2.24, 2.45) is 5.92 Å². The summed E-state index contributed by atoms with van der Waals surface area (Å²) in [5, 5.41) is 3.32. The second-order valence-corrected chi connectivity index (χ2v) is 12.4. The van der Waals surface area contributed by atoms with E-state index < -0.39 is 11.7 Å². The van der Waals surface area contributed by atoms with Crippen molar-refractivity contribution in [3.63, 3.8) is 0 Å². The molecule has 0 bridgehead atoms. The maximum Gasteiger partial charge on any atom is 0.410 e. The average Bonchev–Trinajstić information content (AvgIpc) is 2.94. The van der Waals surface area contributed by atoms with Crippen LogP contribution in [0.15, 0.2) is 48.5 Å². The number of carbonyl (C=O) groups is 3. The van der Waals surface area contributed by atoms with Crippen molar-refractivity contribution in [1.29, 1.82) is 0 Å². The number of amides is 2. The molecule has 1 saturated heterocycles. The molecule has 0 unspecified atom stereocenters. The first-order valence-corrected chi connectivity index (χ1v) is 15.1. The molecule has 230 valence electrons. The standard InChI is InChI=1S/C33H45ClN2O6/c1-23(37)35-16-18-41-31(27-12-7-13-28(34)21-27)26-11-6-10-25(20-26)30(38)15-14-29(19-24-9-8-17-40-22-24)36(5)32(39)42-33(2,3)4/h6-7,10-13,20-21,24,29,31H,8-9,14-19,22H2,1-5H3,(H,35,37)/t24-,29-,31-/m1/s1. The topological polar surface area (TPSA) is 94.2 Å². The van der Waals surface area contributed by atoms with E-state index in [9.17, 15) is 14.4 Å². The molecule has 0 saturated carbocycles. The minimum Gasteiger partial charge on any atom is -0.444 e. The highest BCUT2D eigenvalue weighted by molar-refractivity contribution is 6.30. The first-order chi connectivity index (χ1) is 19.9. The van der Waals surface area contributed by atoms with Crippen molar-refractivity contribution in [2.45, 2.75) is 77.5 Å². The highest BCUT2D eigenvalue weighted by Crippen LogP contribution is 2.30. The number of hydrogen-bond donors (Lipinski definition) is 1. The van der Waals surface area contributed by atoms with Gasteiger partial charge >= 0.3 is 6.09 Å². The molecule has 9 heteroatoms. The van der Waals surface area contributed by atoms with Crippen LogP contribution in [-0.4, -0.2) is 67.7 Å². The first-order valence-electron chi connectivity index (χ1n) is 14.7. The van der Waals surface area contributed by atoms with Gasteiger partial charge in [-0.15, -0.1) is 0 Å². The number of ether oxygens (including phenoxy) is 3. The van der Waals surface area contributed by atoms with E-state index in [-0.39, 0.29) is 30.2 Å². The molecule has 0 aliphatic carbocycles. The van der Waals surface area contributed by atoms with E-state index >= 15 is 0 Å². The molecule has 1 aliphatic heterocycles. The van der Waals surface area contributed by atoms with E-state index in [4.69, 9.17) is 25.8 Å². The fourth-order valence-corrected chi connectivity index (χ4v) is 5.31. The Hall–Kier alpha value is -2.94. The van der Waals surface area contributed by atoms with Crippen LogP contribution in [0.4, 0.5) is 4.79 Å². The minimum atomic E-state index is -0.607. The van der Waals surface area contributed by atoms with Crippen molar-refractivity contribution in [3.05, 3.63) is 70.2 Å². The Labute approximate surface area is 255 Å². The number of halogens is 1. The molecule has 1 fully saturated rings. The quantitative estimate of drug-likeness (QED) is 0.206. The van der Waals surface area contributed by atoms with Crippen molar-refractivity contribution >= 4 is 29.4 Å². The number of rotatable bonds is 13. The Morgan fingerprint density at radius 3 is 2.48 bits per heavy atom. The molecule has 1 heterocycles. The van der Waals surface area contributed by atoms with E-state index in [1.54, 1.807) is 24.1 Å². The van der Waals surface area contributed by atoms with Gasteiger partial charge in [0.2, 0.25) is 5.91 Å². The third-order valence-electron chi connectivity index (χ3n) is 7.22. The summed E-state index contributed by atoms with van der Waals surface area (Å²) in [4.78, 5) is 39.4. The largest absolute Gasteiger partial charge is 0.444 e. The molecule has 2 aromatic rings. The highest BCUT2D eigenvalue weighted by atomic mass is 35.5. The SMILES string of the molecule is CC(=O)NCCO[C@@H](c1cccc(Cl)c1)c1cccc(C(=O)CC[C@H](C[C@H]2CCCOC2)N(C)C(=O)OC(C)(C)C)c1. The molecule has 3 rings (SSSR count). The molecule has 3 atom stereocenters. The van der Waals surface area contributed by atoms with Crippen LogP contribution in [0.5, 0.6) is 0 Å². The predicted molar refractivity (Wildman–Crippen MR) is 164 cm³/mol. The summed E-state index contributed by atoms with van der Waals surface area (Å²) in [6, 6.07) is 14.7. The summed E-state index contributed by atoms with van der Waals surface area (Å²) >= 11 is 6.27. The maximum absolute atomic E-state index is 13.5. The Balaban J connectivity index is 1.75. The van der Waals surface area contributed by atoms with Crippen molar-refractivity contribution in [3.8, 4) is 0 Å². The Bertz CT molecular complexity index is 1190. The average molecular weight is 601 g/mol. The number of carbonyl (C=O) groups excluding carboxylic acids is 3. The summed E-state index contributed by atoms with van der Waals surface area (Å²) < 4.78 is 17.5. The molecular weight excluding hydrogens is 556 g/mol. The lowest BCUT2D eigenvalue weighted by atomic mass is 9.90. The van der Waals surface area contributed by atoms with Crippen molar-refractivity contribution in [1.82, 2.24) is 10.2 Å². The van der Waals surface area contributed by atoms with Gasteiger partial charge in [-0.1, -0.05) is 41.9 Å². The maximum atomic E-state index is 13.5. The number of hydrogen-bond acceptors (Lipinski definition) is 6. The molecule has 2 amide bonds. The summed E-state index contributed by atoms with van der Waals surface area (Å²) in [5.74, 6) is 0.194. The molecule has 0 aromatic heterocycles. The van der Waals surface area contributed by atoms with Gasteiger partial charge in [-0.05, 0) is 81.7 Å². The number of nitrogens with one attached hydrogen (secondary N) is 1. The summed E-state index contributed by atoms with van der Waals surface area (Å²) in [7, 11) is 1.75.